The summed E-state index contributed by atoms with van der Waals surface area (Å²) in [4.78, 5) is 27.8. The molecule has 3 heterocycles. The number of H-pyrrole nitrogens is 1. The van der Waals surface area contributed by atoms with Crippen LogP contribution in [0.1, 0.15) is 0 Å². The number of aromatic amines is 1. The second-order valence-electron chi connectivity index (χ2n) is 7.97. The number of anilines is 2. The third-order valence-corrected chi connectivity index (χ3v) is 5.87. The number of hydrogen-bond acceptors (Lipinski definition) is 6. The number of rotatable bonds is 6. The Hall–Kier alpha value is -4.17. The molecule has 1 aliphatic rings. The van der Waals surface area contributed by atoms with Crippen LogP contribution in [0.4, 0.5) is 11.4 Å². The minimum absolute atomic E-state index is 0.198. The second-order valence-corrected chi connectivity index (χ2v) is 7.97. The number of nitrogens with zero attached hydrogens (tertiary/aromatic N) is 4. The first-order chi connectivity index (χ1) is 16.6. The first-order valence-corrected chi connectivity index (χ1v) is 11.1. The standard InChI is InChI=1S/C26H25N5O3/c1-3-24(32)30(2)20-5-4-6-21(15-20)34-26-22-16-23(29-25(22)27-17-28-26)18-7-9-19(10-8-18)31-11-13-33-14-12-31/h3-10,15-17H,1,11-14H2,2H3,(H,27,28,29). The van der Waals surface area contributed by atoms with Gasteiger partial charge in [0.05, 0.1) is 18.6 Å². The Bertz CT molecular complexity index is 1330. The Kier molecular flexibility index (Phi) is 5.97. The molecule has 1 amide bonds. The van der Waals surface area contributed by atoms with Crippen molar-refractivity contribution in [2.45, 2.75) is 0 Å². The normalized spacial score (nSPS) is 13.6. The van der Waals surface area contributed by atoms with Crippen molar-refractivity contribution in [2.75, 3.05) is 43.2 Å². The minimum Gasteiger partial charge on any atom is -0.438 e. The van der Waals surface area contributed by atoms with Gasteiger partial charge in [0, 0.05) is 43.3 Å². The lowest BCUT2D eigenvalue weighted by molar-refractivity contribution is -0.113. The first-order valence-electron chi connectivity index (χ1n) is 11.1. The molecule has 0 saturated carbocycles. The summed E-state index contributed by atoms with van der Waals surface area (Å²) in [6, 6.07) is 17.7. The quantitative estimate of drug-likeness (QED) is 0.434. The molecule has 1 fully saturated rings. The van der Waals surface area contributed by atoms with Crippen LogP contribution < -0.4 is 14.5 Å². The zero-order valence-corrected chi connectivity index (χ0v) is 18.9. The first kappa shape index (κ1) is 21.7. The largest absolute Gasteiger partial charge is 0.438 e. The summed E-state index contributed by atoms with van der Waals surface area (Å²) in [6.45, 7) is 6.86. The molecular weight excluding hydrogens is 430 g/mol. The van der Waals surface area contributed by atoms with Gasteiger partial charge in [-0.05, 0) is 42.0 Å². The number of amides is 1. The third kappa shape index (κ3) is 4.35. The van der Waals surface area contributed by atoms with Gasteiger partial charge in [0.25, 0.3) is 0 Å². The van der Waals surface area contributed by atoms with Crippen LogP contribution >= 0.6 is 0 Å². The van der Waals surface area contributed by atoms with E-state index in [-0.39, 0.29) is 5.91 Å². The van der Waals surface area contributed by atoms with Gasteiger partial charge in [-0.2, -0.15) is 0 Å². The summed E-state index contributed by atoms with van der Waals surface area (Å²) in [7, 11) is 1.69. The van der Waals surface area contributed by atoms with Crippen molar-refractivity contribution in [3.05, 3.63) is 73.6 Å². The fourth-order valence-corrected chi connectivity index (χ4v) is 3.96. The van der Waals surface area contributed by atoms with Crippen LogP contribution in [0.5, 0.6) is 11.6 Å². The number of benzene rings is 2. The Labute approximate surface area is 197 Å². The lowest BCUT2D eigenvalue weighted by atomic mass is 10.1. The van der Waals surface area contributed by atoms with E-state index >= 15 is 0 Å². The summed E-state index contributed by atoms with van der Waals surface area (Å²) in [5.74, 6) is 0.808. The molecule has 1 N–H and O–H groups in total. The molecule has 5 rings (SSSR count). The topological polar surface area (TPSA) is 83.6 Å². The third-order valence-electron chi connectivity index (χ3n) is 5.87. The smallest absolute Gasteiger partial charge is 0.250 e. The van der Waals surface area contributed by atoms with Gasteiger partial charge in [-0.25, -0.2) is 9.97 Å². The van der Waals surface area contributed by atoms with Crippen LogP contribution in [0, 0.1) is 0 Å². The van der Waals surface area contributed by atoms with Gasteiger partial charge in [0.2, 0.25) is 11.8 Å². The van der Waals surface area contributed by atoms with Gasteiger partial charge in [-0.15, -0.1) is 0 Å². The van der Waals surface area contributed by atoms with E-state index in [9.17, 15) is 4.79 Å². The molecule has 2 aromatic heterocycles. The van der Waals surface area contributed by atoms with Crippen molar-refractivity contribution < 1.29 is 14.3 Å². The highest BCUT2D eigenvalue weighted by molar-refractivity contribution is 6.00. The van der Waals surface area contributed by atoms with Crippen LogP contribution in [0.25, 0.3) is 22.3 Å². The summed E-state index contributed by atoms with van der Waals surface area (Å²) >= 11 is 0. The van der Waals surface area contributed by atoms with Crippen molar-refractivity contribution in [1.82, 2.24) is 15.0 Å². The number of morpholine rings is 1. The van der Waals surface area contributed by atoms with E-state index in [1.54, 1.807) is 13.1 Å². The zero-order chi connectivity index (χ0) is 23.5. The summed E-state index contributed by atoms with van der Waals surface area (Å²) < 4.78 is 11.5. The molecular formula is C26H25N5O3. The molecule has 8 nitrogen and oxygen atoms in total. The summed E-state index contributed by atoms with van der Waals surface area (Å²) in [5.41, 5.74) is 4.55. The monoisotopic (exact) mass is 455 g/mol. The van der Waals surface area contributed by atoms with Gasteiger partial charge in [0.1, 0.15) is 17.7 Å². The molecule has 8 heteroatoms. The lowest BCUT2D eigenvalue weighted by Crippen LogP contribution is -2.36. The van der Waals surface area contributed by atoms with E-state index in [2.05, 4.69) is 50.7 Å². The second kappa shape index (κ2) is 9.36. The highest BCUT2D eigenvalue weighted by Gasteiger charge is 2.14. The van der Waals surface area contributed by atoms with Crippen LogP contribution in [-0.2, 0) is 9.53 Å². The number of aromatic nitrogens is 3. The van der Waals surface area contributed by atoms with Gasteiger partial charge in [-0.1, -0.05) is 24.8 Å². The maximum Gasteiger partial charge on any atom is 0.250 e. The predicted octanol–water partition coefficient (Wildman–Crippen LogP) is 4.40. The average Bonchev–Trinajstić information content (AvgIpc) is 3.34. The number of ether oxygens (including phenoxy) is 2. The number of hydrogen-bond donors (Lipinski definition) is 1. The van der Waals surface area contributed by atoms with Gasteiger partial charge in [-0.3, -0.25) is 4.79 Å². The number of nitrogens with one attached hydrogen (secondary N) is 1. The molecule has 2 aromatic carbocycles. The van der Waals surface area contributed by atoms with Crippen LogP contribution in [-0.4, -0.2) is 54.2 Å². The Balaban J connectivity index is 1.40. The van der Waals surface area contributed by atoms with E-state index in [0.29, 0.717) is 23.0 Å². The van der Waals surface area contributed by atoms with Gasteiger partial charge < -0.3 is 24.3 Å². The fourth-order valence-electron chi connectivity index (χ4n) is 3.96. The molecule has 0 radical (unpaired) electrons. The number of carbonyl (C=O) groups is 1. The van der Waals surface area contributed by atoms with E-state index in [0.717, 1.165) is 42.9 Å². The Morgan fingerprint density at radius 2 is 1.94 bits per heavy atom. The SMILES string of the molecule is C=CC(=O)N(C)c1cccc(Oc2ncnc3[nH]c(-c4ccc(N5CCOCC5)cc4)cc23)c1. The van der Waals surface area contributed by atoms with Crippen LogP contribution in [0.15, 0.2) is 73.6 Å². The van der Waals surface area contributed by atoms with Gasteiger partial charge >= 0.3 is 0 Å². The van der Waals surface area contributed by atoms with Crippen molar-refractivity contribution in [2.24, 2.45) is 0 Å². The fraction of sp³-hybridized carbons (Fsp3) is 0.192. The summed E-state index contributed by atoms with van der Waals surface area (Å²) in [6.07, 6.45) is 2.74. The number of carbonyl (C=O) groups excluding carboxylic acids is 1. The highest BCUT2D eigenvalue weighted by atomic mass is 16.5. The average molecular weight is 456 g/mol. The molecule has 0 spiro atoms. The zero-order valence-electron chi connectivity index (χ0n) is 18.9. The van der Waals surface area contributed by atoms with E-state index < -0.39 is 0 Å². The molecule has 1 saturated heterocycles. The molecule has 34 heavy (non-hydrogen) atoms. The van der Waals surface area contributed by atoms with Crippen molar-refractivity contribution in [3.63, 3.8) is 0 Å². The van der Waals surface area contributed by atoms with E-state index in [4.69, 9.17) is 9.47 Å². The minimum atomic E-state index is -0.198. The van der Waals surface area contributed by atoms with E-state index in [1.165, 1.54) is 23.0 Å². The Morgan fingerprint density at radius 3 is 2.71 bits per heavy atom. The molecule has 0 aliphatic carbocycles. The van der Waals surface area contributed by atoms with Crippen molar-refractivity contribution >= 4 is 28.3 Å². The molecule has 172 valence electrons. The summed E-state index contributed by atoms with van der Waals surface area (Å²) in [5, 5.41) is 0.774. The highest BCUT2D eigenvalue weighted by Crippen LogP contribution is 2.32. The molecule has 1 aliphatic heterocycles. The maximum absolute atomic E-state index is 11.9. The number of fused-ring (bicyclic) bond motifs is 1. The maximum atomic E-state index is 11.9. The van der Waals surface area contributed by atoms with Crippen molar-refractivity contribution in [1.29, 1.82) is 0 Å². The number of likely N-dealkylation sites (N-methyl/N-ethyl adjacent to an activating group) is 1. The lowest BCUT2D eigenvalue weighted by Gasteiger charge is -2.28. The Morgan fingerprint density at radius 1 is 1.15 bits per heavy atom. The predicted molar refractivity (Wildman–Crippen MR) is 132 cm³/mol. The van der Waals surface area contributed by atoms with Crippen molar-refractivity contribution in [3.8, 4) is 22.9 Å². The molecule has 0 bridgehead atoms. The molecule has 4 aromatic rings. The van der Waals surface area contributed by atoms with Crippen LogP contribution in [0.2, 0.25) is 0 Å². The van der Waals surface area contributed by atoms with Crippen LogP contribution in [0.3, 0.4) is 0 Å². The molecule has 0 unspecified atom stereocenters. The van der Waals surface area contributed by atoms with Gasteiger partial charge in [0.15, 0.2) is 0 Å². The van der Waals surface area contributed by atoms with E-state index in [1.807, 2.05) is 24.3 Å². The molecule has 0 atom stereocenters.